The van der Waals surface area contributed by atoms with Gasteiger partial charge < -0.3 is 10.2 Å². The molecule has 34 heavy (non-hydrogen) atoms. The number of aromatic hydroxyl groups is 2. The van der Waals surface area contributed by atoms with Crippen molar-refractivity contribution in [3.8, 4) is 11.5 Å². The lowest BCUT2D eigenvalue weighted by Gasteiger charge is -2.17. The van der Waals surface area contributed by atoms with Crippen molar-refractivity contribution in [3.05, 3.63) is 118 Å². The minimum absolute atomic E-state index is 0.0627. The third-order valence-corrected chi connectivity index (χ3v) is 4.71. The van der Waals surface area contributed by atoms with Gasteiger partial charge in [0.25, 0.3) is 5.91 Å². The Hall–Kier alpha value is -4.82. The molecule has 0 unspecified atom stereocenters. The molecule has 0 radical (unpaired) electrons. The van der Waals surface area contributed by atoms with E-state index in [9.17, 15) is 24.7 Å². The number of carbonyl (C=O) groups is 2. The van der Waals surface area contributed by atoms with E-state index >= 15 is 0 Å². The van der Waals surface area contributed by atoms with Crippen molar-refractivity contribution in [2.75, 3.05) is 5.01 Å². The molecule has 8 heteroatoms. The van der Waals surface area contributed by atoms with Gasteiger partial charge in [0, 0.05) is 0 Å². The fraction of sp³-hybridized carbons (Fsp3) is 0. The number of ketones is 1. The number of anilines is 1. The second-order valence-corrected chi connectivity index (χ2v) is 7.08. The van der Waals surface area contributed by atoms with Crippen LogP contribution in [0.1, 0.15) is 11.1 Å². The van der Waals surface area contributed by atoms with Gasteiger partial charge in [0.2, 0.25) is 0 Å². The van der Waals surface area contributed by atoms with Crippen LogP contribution in [0.5, 0.6) is 11.5 Å². The first-order valence-corrected chi connectivity index (χ1v) is 10.1. The fourth-order valence-corrected chi connectivity index (χ4v) is 2.93. The third-order valence-electron chi connectivity index (χ3n) is 4.71. The SMILES string of the molecule is NN(C(=O)/C(C(=O)/C=C/c1ccc(O)cc1)=C(\C=C\c1ccc(O)cc1)N=O)c1ccccc1. The molecule has 3 aromatic rings. The summed E-state index contributed by atoms with van der Waals surface area (Å²) in [7, 11) is 0. The molecule has 170 valence electrons. The van der Waals surface area contributed by atoms with E-state index in [0.717, 1.165) is 11.1 Å². The molecule has 0 bridgehead atoms. The molecule has 3 rings (SSSR count). The number of benzene rings is 3. The Balaban J connectivity index is 2.02. The van der Waals surface area contributed by atoms with Crippen LogP contribution >= 0.6 is 0 Å². The largest absolute Gasteiger partial charge is 0.508 e. The number of amides is 1. The highest BCUT2D eigenvalue weighted by molar-refractivity contribution is 6.28. The summed E-state index contributed by atoms with van der Waals surface area (Å²) in [6.45, 7) is 0. The second-order valence-electron chi connectivity index (χ2n) is 7.08. The molecule has 4 N–H and O–H groups in total. The van der Waals surface area contributed by atoms with Crippen LogP contribution < -0.4 is 10.9 Å². The number of phenolic OH excluding ortho intramolecular Hbond substituents is 2. The number of allylic oxidation sites excluding steroid dienone is 2. The number of nitrogens with zero attached hydrogens (tertiary/aromatic N) is 2. The van der Waals surface area contributed by atoms with E-state index in [4.69, 9.17) is 5.84 Å². The zero-order valence-corrected chi connectivity index (χ0v) is 17.9. The van der Waals surface area contributed by atoms with Crippen molar-refractivity contribution in [2.24, 2.45) is 11.0 Å². The average molecular weight is 455 g/mol. The number of hydrogen-bond donors (Lipinski definition) is 3. The highest BCUT2D eigenvalue weighted by Crippen LogP contribution is 2.20. The first kappa shape index (κ1) is 23.8. The molecule has 3 aromatic carbocycles. The van der Waals surface area contributed by atoms with Gasteiger partial charge in [-0.1, -0.05) is 54.6 Å². The highest BCUT2D eigenvalue weighted by Gasteiger charge is 2.26. The second kappa shape index (κ2) is 11.2. The Morgan fingerprint density at radius 2 is 1.26 bits per heavy atom. The number of carbonyl (C=O) groups excluding carboxylic acids is 2. The van der Waals surface area contributed by atoms with Crippen LogP contribution in [-0.4, -0.2) is 21.9 Å². The normalized spacial score (nSPS) is 11.9. The van der Waals surface area contributed by atoms with Gasteiger partial charge in [-0.3, -0.25) is 9.59 Å². The molecule has 0 aliphatic heterocycles. The Morgan fingerprint density at radius 3 is 1.76 bits per heavy atom. The van der Waals surface area contributed by atoms with Crippen molar-refractivity contribution in [1.29, 1.82) is 0 Å². The zero-order valence-electron chi connectivity index (χ0n) is 17.9. The Kier molecular flexibility index (Phi) is 7.83. The number of hydrogen-bond acceptors (Lipinski definition) is 7. The summed E-state index contributed by atoms with van der Waals surface area (Å²) in [6.07, 6.45) is 5.27. The summed E-state index contributed by atoms with van der Waals surface area (Å²) < 4.78 is 0. The van der Waals surface area contributed by atoms with E-state index < -0.39 is 23.0 Å². The van der Waals surface area contributed by atoms with Crippen molar-refractivity contribution in [3.63, 3.8) is 0 Å². The summed E-state index contributed by atoms with van der Waals surface area (Å²) in [5.74, 6) is 4.39. The van der Waals surface area contributed by atoms with E-state index in [-0.39, 0.29) is 11.5 Å². The number of phenols is 2. The van der Waals surface area contributed by atoms with Crippen LogP contribution in [-0.2, 0) is 9.59 Å². The van der Waals surface area contributed by atoms with Crippen molar-refractivity contribution >= 4 is 29.5 Å². The van der Waals surface area contributed by atoms with E-state index in [0.29, 0.717) is 16.8 Å². The number of para-hydroxylation sites is 1. The molecular weight excluding hydrogens is 434 g/mol. The maximum absolute atomic E-state index is 13.2. The first-order chi connectivity index (χ1) is 16.4. The summed E-state index contributed by atoms with van der Waals surface area (Å²) >= 11 is 0. The number of nitrogens with two attached hydrogens (primary N) is 1. The van der Waals surface area contributed by atoms with Gasteiger partial charge in [-0.15, -0.1) is 4.91 Å². The molecule has 1 amide bonds. The molecule has 0 saturated carbocycles. The monoisotopic (exact) mass is 455 g/mol. The molecular formula is C26H21N3O5. The van der Waals surface area contributed by atoms with Gasteiger partial charge in [0.15, 0.2) is 5.78 Å². The van der Waals surface area contributed by atoms with Crippen molar-refractivity contribution in [2.45, 2.75) is 0 Å². The zero-order chi connectivity index (χ0) is 24.5. The number of nitroso groups, excluding NO2 is 1. The summed E-state index contributed by atoms with van der Waals surface area (Å²) in [5, 5.41) is 22.5. The van der Waals surface area contributed by atoms with Gasteiger partial charge in [-0.05, 0) is 64.9 Å². The maximum Gasteiger partial charge on any atom is 0.278 e. The lowest BCUT2D eigenvalue weighted by atomic mass is 10.0. The molecule has 0 aliphatic rings. The Morgan fingerprint density at radius 1 is 0.765 bits per heavy atom. The topological polar surface area (TPSA) is 133 Å². The third kappa shape index (κ3) is 6.12. The standard InChI is InChI=1S/C26H21N3O5/c27-29(20-4-2-1-3-5-20)26(33)25(24(32)17-11-19-8-14-22(31)15-9-19)23(28-34)16-10-18-6-12-21(30)13-7-18/h1-17,30-31H,27H2/b16-10+,17-11+,25-23+. The maximum atomic E-state index is 13.2. The van der Waals surface area contributed by atoms with Crippen LogP contribution in [0.15, 0.2) is 107 Å². The molecule has 0 fully saturated rings. The lowest BCUT2D eigenvalue weighted by molar-refractivity contribution is -0.119. The summed E-state index contributed by atoms with van der Waals surface area (Å²) in [6, 6.07) is 20.3. The number of hydrazine groups is 1. The van der Waals surface area contributed by atoms with E-state index in [2.05, 4.69) is 5.18 Å². The average Bonchev–Trinajstić information content (AvgIpc) is 2.86. The van der Waals surface area contributed by atoms with Crippen LogP contribution in [0.25, 0.3) is 12.2 Å². The number of rotatable bonds is 8. The Labute approximate surface area is 195 Å². The van der Waals surface area contributed by atoms with Gasteiger partial charge >= 0.3 is 0 Å². The van der Waals surface area contributed by atoms with Crippen LogP contribution in [0.3, 0.4) is 0 Å². The smallest absolute Gasteiger partial charge is 0.278 e. The summed E-state index contributed by atoms with van der Waals surface area (Å²) in [4.78, 5) is 37.9. The van der Waals surface area contributed by atoms with Gasteiger partial charge in [0.05, 0.1) is 5.69 Å². The molecule has 0 heterocycles. The molecule has 0 atom stereocenters. The van der Waals surface area contributed by atoms with Gasteiger partial charge in [-0.2, -0.15) is 0 Å². The van der Waals surface area contributed by atoms with E-state index in [1.165, 1.54) is 42.5 Å². The van der Waals surface area contributed by atoms with Crippen LogP contribution in [0, 0.1) is 4.91 Å². The Bertz CT molecular complexity index is 1260. The molecule has 0 saturated heterocycles. The highest BCUT2D eigenvalue weighted by atomic mass is 16.3. The quantitative estimate of drug-likeness (QED) is 0.0677. The fourth-order valence-electron chi connectivity index (χ4n) is 2.93. The van der Waals surface area contributed by atoms with Gasteiger partial charge in [-0.25, -0.2) is 10.9 Å². The molecule has 0 aliphatic carbocycles. The van der Waals surface area contributed by atoms with Crippen LogP contribution in [0.2, 0.25) is 0 Å². The van der Waals surface area contributed by atoms with E-state index in [1.807, 2.05) is 0 Å². The van der Waals surface area contributed by atoms with Gasteiger partial charge in [0.1, 0.15) is 22.8 Å². The minimum atomic E-state index is -0.920. The molecule has 8 nitrogen and oxygen atoms in total. The molecule has 0 aromatic heterocycles. The van der Waals surface area contributed by atoms with Crippen molar-refractivity contribution in [1.82, 2.24) is 0 Å². The minimum Gasteiger partial charge on any atom is -0.508 e. The molecule has 0 spiro atoms. The lowest BCUT2D eigenvalue weighted by Crippen LogP contribution is -2.40. The predicted molar refractivity (Wildman–Crippen MR) is 130 cm³/mol. The summed E-state index contributed by atoms with van der Waals surface area (Å²) in [5.41, 5.74) is 0.570. The predicted octanol–water partition coefficient (Wildman–Crippen LogP) is 4.32. The first-order valence-electron chi connectivity index (χ1n) is 10.1. The van der Waals surface area contributed by atoms with Crippen molar-refractivity contribution < 1.29 is 19.8 Å². The van der Waals surface area contributed by atoms with Crippen LogP contribution in [0.4, 0.5) is 5.69 Å². The van der Waals surface area contributed by atoms with E-state index in [1.54, 1.807) is 54.6 Å².